The third-order valence-electron chi connectivity index (χ3n) is 11.8. The van der Waals surface area contributed by atoms with Gasteiger partial charge in [-0.05, 0) is 36.6 Å². The van der Waals surface area contributed by atoms with Crippen LogP contribution >= 0.6 is 0 Å². The number of methoxy groups -OCH3 is 4. The summed E-state index contributed by atoms with van der Waals surface area (Å²) in [5.74, 6) is -8.25. The van der Waals surface area contributed by atoms with Crippen LogP contribution in [0.15, 0.2) is 47.5 Å². The van der Waals surface area contributed by atoms with E-state index in [9.17, 15) is 44.4 Å². The van der Waals surface area contributed by atoms with Gasteiger partial charge in [-0.1, -0.05) is 36.4 Å². The van der Waals surface area contributed by atoms with Crippen LogP contribution in [0.4, 0.5) is 0 Å². The van der Waals surface area contributed by atoms with E-state index in [2.05, 4.69) is 4.99 Å². The molecule has 1 saturated heterocycles. The van der Waals surface area contributed by atoms with Gasteiger partial charge in [-0.3, -0.25) is 24.2 Å². The first-order valence-corrected chi connectivity index (χ1v) is 19.1. The number of carbonyl (C=O) groups is 6. The minimum absolute atomic E-state index is 0.000226. The number of phenolic OH excluding ortho intramolecular Hbond substituents is 1. The molecule has 1 heterocycles. The molecule has 8 unspecified atom stereocenters. The summed E-state index contributed by atoms with van der Waals surface area (Å²) >= 11 is 0. The molecule has 3 aliphatic carbocycles. The van der Waals surface area contributed by atoms with Gasteiger partial charge in [0, 0.05) is 44.4 Å². The Balaban J connectivity index is 1.37. The number of esters is 2. The number of Topliss-reactive ketones (excluding diaryl/α,β-unsaturated/α-hetero) is 4. The number of hydrogen-bond acceptors (Lipinski definition) is 18. The number of aryl methyl sites for hydroxylation is 1. The molecular formula is C43H43NO17. The van der Waals surface area contributed by atoms with Gasteiger partial charge in [0.05, 0.1) is 42.6 Å². The Morgan fingerprint density at radius 3 is 2.26 bits per heavy atom. The largest absolute Gasteiger partial charge is 0.506 e. The maximum atomic E-state index is 15.1. The molecule has 0 amide bonds. The Hall–Kier alpha value is -5.73. The number of aliphatic hydroxyl groups is 3. The van der Waals surface area contributed by atoms with Crippen molar-refractivity contribution >= 4 is 40.8 Å². The number of nitrogens with zero attached hydrogens (tertiary/aromatic N) is 1. The fraction of sp³-hybridized carbons (Fsp3) is 0.419. The molecule has 0 spiro atoms. The zero-order valence-electron chi connectivity index (χ0n) is 33.9. The van der Waals surface area contributed by atoms with Crippen LogP contribution in [-0.2, 0) is 51.8 Å². The molecule has 61 heavy (non-hydrogen) atoms. The number of aliphatic hydroxyl groups excluding tert-OH is 2. The molecule has 8 atom stereocenters. The Bertz CT molecular complexity index is 2390. The first kappa shape index (κ1) is 43.4. The third-order valence-corrected chi connectivity index (χ3v) is 11.8. The number of fused-ring (bicyclic) bond motifs is 5. The smallest absolute Gasteiger partial charge is 0.344 e. The number of carbonyl (C=O) groups excluding carboxylic acids is 6. The predicted molar refractivity (Wildman–Crippen MR) is 207 cm³/mol. The summed E-state index contributed by atoms with van der Waals surface area (Å²) in [6.45, 7) is 2.04. The topological polar surface area (TPSA) is 260 Å². The third kappa shape index (κ3) is 6.57. The monoisotopic (exact) mass is 845 g/mol. The number of phenols is 1. The van der Waals surface area contributed by atoms with Crippen LogP contribution in [0.25, 0.3) is 0 Å². The molecule has 0 bridgehead atoms. The average Bonchev–Trinajstić information content (AvgIpc) is 3.23. The van der Waals surface area contributed by atoms with Gasteiger partial charge in [-0.2, -0.15) is 0 Å². The quantitative estimate of drug-likeness (QED) is 0.211. The van der Waals surface area contributed by atoms with Crippen molar-refractivity contribution in [3.8, 4) is 11.5 Å². The maximum absolute atomic E-state index is 15.1. The number of aliphatic imine (C=N–C) groups is 1. The van der Waals surface area contributed by atoms with Gasteiger partial charge in [-0.25, -0.2) is 9.59 Å². The molecule has 0 radical (unpaired) electrons. The van der Waals surface area contributed by atoms with E-state index >= 15 is 4.79 Å². The van der Waals surface area contributed by atoms with Crippen molar-refractivity contribution in [2.24, 2.45) is 4.99 Å². The standard InChI is InChI=1S/C43H43NO17/c1-18-12-21-13-26(46)43(58-6)39(52)30-23(14-22-29(33(30)49)25(45)15-24(32(22)48)44-40-37(56-4)34(50)35(55-3)19(2)61-40)38(51)42(43,54)31(21)36(28(18)41(53)57-5)60-17-27(47)59-16-20-10-8-7-9-11-20/h7-12,14,19,26,34-35,37,40,46,49-50,54H,13,15-17H2,1-6H3. The molecule has 1 fully saturated rings. The normalized spacial score (nSPS) is 28.7. The van der Waals surface area contributed by atoms with Crippen LogP contribution in [0.5, 0.6) is 11.5 Å². The van der Waals surface area contributed by atoms with Crippen LogP contribution in [0.3, 0.4) is 0 Å². The van der Waals surface area contributed by atoms with Crippen LogP contribution < -0.4 is 4.74 Å². The number of ketones is 4. The lowest BCUT2D eigenvalue weighted by atomic mass is 9.56. The van der Waals surface area contributed by atoms with E-state index in [1.165, 1.54) is 27.2 Å². The molecule has 4 N–H and O–H groups in total. The molecular weight excluding hydrogens is 802 g/mol. The van der Waals surface area contributed by atoms with Crippen molar-refractivity contribution in [2.45, 2.75) is 81.2 Å². The van der Waals surface area contributed by atoms with Gasteiger partial charge in [0.25, 0.3) is 0 Å². The van der Waals surface area contributed by atoms with Crippen molar-refractivity contribution in [3.05, 3.63) is 92.5 Å². The van der Waals surface area contributed by atoms with Crippen LogP contribution in [0.1, 0.15) is 87.4 Å². The number of benzene rings is 3. The Kier molecular flexibility index (Phi) is 11.6. The van der Waals surface area contributed by atoms with Crippen molar-refractivity contribution in [1.82, 2.24) is 0 Å². The zero-order chi connectivity index (χ0) is 44.3. The minimum atomic E-state index is -3.30. The summed E-state index contributed by atoms with van der Waals surface area (Å²) in [6, 6.07) is 10.9. The lowest BCUT2D eigenvalue weighted by Crippen LogP contribution is -2.73. The summed E-state index contributed by atoms with van der Waals surface area (Å²) in [5.41, 5.74) is -9.54. The van der Waals surface area contributed by atoms with Crippen molar-refractivity contribution in [3.63, 3.8) is 0 Å². The number of rotatable bonds is 10. The van der Waals surface area contributed by atoms with Crippen molar-refractivity contribution in [1.29, 1.82) is 0 Å². The van der Waals surface area contributed by atoms with Crippen LogP contribution in [-0.4, -0.2) is 139 Å². The van der Waals surface area contributed by atoms with Gasteiger partial charge in [0.2, 0.25) is 17.3 Å². The second-order valence-corrected chi connectivity index (χ2v) is 15.1. The van der Waals surface area contributed by atoms with Gasteiger partial charge in [0.1, 0.15) is 42.0 Å². The highest BCUT2D eigenvalue weighted by Crippen LogP contribution is 2.57. The van der Waals surface area contributed by atoms with E-state index in [0.29, 0.717) is 5.56 Å². The first-order valence-electron chi connectivity index (χ1n) is 19.1. The molecule has 18 nitrogen and oxygen atoms in total. The fourth-order valence-electron chi connectivity index (χ4n) is 8.93. The average molecular weight is 846 g/mol. The number of hydrogen-bond donors (Lipinski definition) is 4. The van der Waals surface area contributed by atoms with Gasteiger partial charge >= 0.3 is 11.9 Å². The van der Waals surface area contributed by atoms with E-state index in [1.54, 1.807) is 37.3 Å². The summed E-state index contributed by atoms with van der Waals surface area (Å²) in [5, 5.41) is 47.4. The minimum Gasteiger partial charge on any atom is -0.506 e. The highest BCUT2D eigenvalue weighted by molar-refractivity contribution is 6.53. The molecule has 4 aliphatic rings. The van der Waals surface area contributed by atoms with Crippen LogP contribution in [0, 0.1) is 6.92 Å². The van der Waals surface area contributed by atoms with E-state index in [1.807, 2.05) is 0 Å². The fourth-order valence-corrected chi connectivity index (χ4v) is 8.93. The van der Waals surface area contributed by atoms with Crippen molar-refractivity contribution < 1.29 is 82.4 Å². The van der Waals surface area contributed by atoms with Crippen molar-refractivity contribution in [2.75, 3.05) is 35.0 Å². The van der Waals surface area contributed by atoms with E-state index in [0.717, 1.165) is 20.3 Å². The summed E-state index contributed by atoms with van der Waals surface area (Å²) in [4.78, 5) is 88.8. The van der Waals surface area contributed by atoms with E-state index < -0.39 is 147 Å². The summed E-state index contributed by atoms with van der Waals surface area (Å²) in [6.07, 6.45) is -8.50. The molecule has 0 aromatic heterocycles. The first-order chi connectivity index (χ1) is 29.0. The maximum Gasteiger partial charge on any atom is 0.344 e. The molecule has 322 valence electrons. The second kappa shape index (κ2) is 16.3. The van der Waals surface area contributed by atoms with Gasteiger partial charge in [-0.15, -0.1) is 0 Å². The predicted octanol–water partition coefficient (Wildman–Crippen LogP) is 1.52. The lowest BCUT2D eigenvalue weighted by molar-refractivity contribution is -0.228. The van der Waals surface area contributed by atoms with E-state index in [-0.39, 0.29) is 23.3 Å². The molecule has 18 heteroatoms. The Morgan fingerprint density at radius 1 is 0.934 bits per heavy atom. The molecule has 3 aromatic carbocycles. The summed E-state index contributed by atoms with van der Waals surface area (Å²) < 4.78 is 38.6. The molecule has 0 saturated carbocycles. The zero-order valence-corrected chi connectivity index (χ0v) is 33.9. The highest BCUT2D eigenvalue weighted by atomic mass is 16.6. The van der Waals surface area contributed by atoms with Gasteiger partial charge < -0.3 is 53.6 Å². The van der Waals surface area contributed by atoms with Gasteiger partial charge in [0.15, 0.2) is 29.8 Å². The Labute approximate surface area is 347 Å². The SMILES string of the molecule is COC(=O)c1c(C)cc2c(c1OCC(=O)OCc1ccccc1)C1(O)C(=O)c3cc4c(c(O)c3C(=O)C1(OC)C(O)C2)C(=O)CC(=NC1OC(C)C(OC)C(O)C1OC)C4=O. The second-order valence-electron chi connectivity index (χ2n) is 15.1. The van der Waals surface area contributed by atoms with E-state index in [4.69, 9.17) is 33.2 Å². The lowest BCUT2D eigenvalue weighted by Gasteiger charge is -2.53. The van der Waals surface area contributed by atoms with Crippen LogP contribution in [0.2, 0.25) is 0 Å². The number of aromatic hydroxyl groups is 1. The summed E-state index contributed by atoms with van der Waals surface area (Å²) in [7, 11) is 4.62. The highest BCUT2D eigenvalue weighted by Gasteiger charge is 2.73. The molecule has 7 rings (SSSR count). The Morgan fingerprint density at radius 2 is 1.62 bits per heavy atom. The number of ether oxygens (including phenoxy) is 7. The molecule has 1 aliphatic heterocycles. The molecule has 3 aromatic rings.